The summed E-state index contributed by atoms with van der Waals surface area (Å²) < 4.78 is 43.4. The maximum absolute atomic E-state index is 13.8. The van der Waals surface area contributed by atoms with Crippen LogP contribution in [0.3, 0.4) is 0 Å². The van der Waals surface area contributed by atoms with Gasteiger partial charge in [0.15, 0.2) is 0 Å². The number of benzene rings is 3. The van der Waals surface area contributed by atoms with E-state index in [1.165, 1.54) is 27.8 Å². The Hall–Kier alpha value is -2.93. The van der Waals surface area contributed by atoms with Crippen molar-refractivity contribution in [1.29, 1.82) is 0 Å². The smallest absolute Gasteiger partial charge is 0.401 e. The van der Waals surface area contributed by atoms with Crippen LogP contribution in [0.25, 0.3) is 10.9 Å². The Morgan fingerprint density at radius 2 is 1.70 bits per heavy atom. The summed E-state index contributed by atoms with van der Waals surface area (Å²) in [6.45, 7) is -0.404. The number of nitrogens with one attached hydrogen (secondary N) is 1. The van der Waals surface area contributed by atoms with Gasteiger partial charge in [0.1, 0.15) is 15.7 Å². The minimum atomic E-state index is -4.55. The van der Waals surface area contributed by atoms with Crippen LogP contribution >= 0.6 is 23.4 Å². The van der Waals surface area contributed by atoms with E-state index in [9.17, 15) is 38.4 Å². The van der Waals surface area contributed by atoms with Crippen LogP contribution in [0, 0.1) is 0 Å². The van der Waals surface area contributed by atoms with Gasteiger partial charge in [-0.3, -0.25) is 4.79 Å². The zero-order valence-electron chi connectivity index (χ0n) is 23.9. The molecule has 0 aliphatic heterocycles. The van der Waals surface area contributed by atoms with E-state index in [-0.39, 0.29) is 23.0 Å². The number of aliphatic hydroxyl groups excluding tert-OH is 1. The third-order valence-electron chi connectivity index (χ3n) is 7.67. The summed E-state index contributed by atoms with van der Waals surface area (Å²) >= 11 is 6.53. The summed E-state index contributed by atoms with van der Waals surface area (Å²) in [6.07, 6.45) is -2.68. The highest BCUT2D eigenvalue weighted by Crippen LogP contribution is 2.42. The van der Waals surface area contributed by atoms with E-state index >= 15 is 0 Å². The van der Waals surface area contributed by atoms with E-state index < -0.39 is 40.8 Å². The monoisotopic (exact) mass is 644 g/mol. The first-order chi connectivity index (χ1) is 20.6. The van der Waals surface area contributed by atoms with Gasteiger partial charge in [-0.15, -0.1) is 0 Å². The number of aliphatic hydroxyl groups is 4. The lowest BCUT2D eigenvalue weighted by Gasteiger charge is -2.33. The molecule has 1 heterocycles. The molecule has 1 aliphatic carbocycles. The van der Waals surface area contributed by atoms with Crippen molar-refractivity contribution >= 4 is 55.9 Å². The number of carbonyl (C=O) groups is 1. The van der Waals surface area contributed by atoms with Crippen molar-refractivity contribution in [3.05, 3.63) is 99.7 Å². The summed E-state index contributed by atoms with van der Waals surface area (Å²) in [6, 6.07) is 16.6. The molecule has 1 unspecified atom stereocenters. The van der Waals surface area contributed by atoms with Crippen LogP contribution in [-0.2, 0) is 12.6 Å². The second-order valence-corrected chi connectivity index (χ2v) is 13.2. The van der Waals surface area contributed by atoms with Crippen molar-refractivity contribution in [2.45, 2.75) is 52.9 Å². The van der Waals surface area contributed by atoms with Crippen LogP contribution in [0.15, 0.2) is 71.6 Å². The molecule has 5 rings (SSSR count). The number of hydrogen-bond acceptors (Lipinski definition) is 6. The van der Waals surface area contributed by atoms with Crippen LogP contribution in [0.4, 0.5) is 13.2 Å². The zero-order valence-corrected chi connectivity index (χ0v) is 25.5. The highest BCUT2D eigenvalue weighted by Gasteiger charge is 2.41. The SMILES string of the molecule is BC(B)(O)C(O)(O)Sc1ccc(C(CO)NC(=O)c2ccc3c(c2)cc(Cc2ccc(Cl)cc2C(F)(F)F)n3C2CC2)cc1. The highest BCUT2D eigenvalue weighted by atomic mass is 35.5. The fourth-order valence-electron chi connectivity index (χ4n) is 5.03. The second kappa shape index (κ2) is 12.1. The van der Waals surface area contributed by atoms with Gasteiger partial charge in [0, 0.05) is 44.5 Å². The standard InChI is InChI=1S/C30H30B2ClF3N2O5S/c31-29(32,41)30(42,43)44-23-8-2-16(3-9-23)25(15-39)37-27(40)18-4-10-26-19(11-18)13-22(38(26)21-6-7-21)12-17-1-5-20(33)14-24(17)28(34,35)36/h1-5,8-11,13-14,21,25,39,41-43H,6-7,12,15,31-32H2,(H,37,40). The summed E-state index contributed by atoms with van der Waals surface area (Å²) in [5.41, 5.74) is 1.76. The Labute approximate surface area is 262 Å². The lowest BCUT2D eigenvalue weighted by atomic mass is 9.64. The molecular formula is C30H30B2ClF3N2O5S. The van der Waals surface area contributed by atoms with Gasteiger partial charge in [-0.05, 0) is 72.5 Å². The number of aromatic nitrogens is 1. The minimum absolute atomic E-state index is 0.0126. The van der Waals surface area contributed by atoms with Gasteiger partial charge in [0.25, 0.3) is 5.91 Å². The number of fused-ring (bicyclic) bond motifs is 1. The van der Waals surface area contributed by atoms with Crippen molar-refractivity contribution in [3.63, 3.8) is 0 Å². The highest BCUT2D eigenvalue weighted by molar-refractivity contribution is 8.00. The second-order valence-electron chi connectivity index (χ2n) is 11.5. The molecule has 5 N–H and O–H groups in total. The van der Waals surface area contributed by atoms with Crippen molar-refractivity contribution < 1.29 is 38.4 Å². The van der Waals surface area contributed by atoms with Gasteiger partial charge >= 0.3 is 6.18 Å². The summed E-state index contributed by atoms with van der Waals surface area (Å²) in [4.78, 5) is 13.7. The molecule has 0 saturated heterocycles. The molecule has 0 bridgehead atoms. The number of rotatable bonds is 10. The third kappa shape index (κ3) is 6.98. The predicted octanol–water partition coefficient (Wildman–Crippen LogP) is 3.35. The van der Waals surface area contributed by atoms with Gasteiger partial charge in [0.05, 0.1) is 23.6 Å². The van der Waals surface area contributed by atoms with Gasteiger partial charge in [-0.25, -0.2) is 0 Å². The lowest BCUT2D eigenvalue weighted by molar-refractivity contribution is -0.142. The quantitative estimate of drug-likeness (QED) is 0.103. The summed E-state index contributed by atoms with van der Waals surface area (Å²) in [5.74, 6) is -0.450. The van der Waals surface area contributed by atoms with E-state index in [0.717, 1.165) is 24.4 Å². The molecule has 3 aromatic carbocycles. The Morgan fingerprint density at radius 1 is 1.02 bits per heavy atom. The molecule has 7 nitrogen and oxygen atoms in total. The van der Waals surface area contributed by atoms with E-state index in [2.05, 4.69) is 5.32 Å². The summed E-state index contributed by atoms with van der Waals surface area (Å²) in [5, 5.41) is 39.6. The van der Waals surface area contributed by atoms with E-state index in [0.29, 0.717) is 38.9 Å². The molecule has 1 aliphatic rings. The third-order valence-corrected chi connectivity index (χ3v) is 9.20. The van der Waals surface area contributed by atoms with Crippen molar-refractivity contribution in [3.8, 4) is 0 Å². The molecule has 230 valence electrons. The molecule has 1 atom stereocenters. The Balaban J connectivity index is 1.37. The number of thioether (sulfide) groups is 1. The summed E-state index contributed by atoms with van der Waals surface area (Å²) in [7, 11) is 2.54. The number of nitrogens with zero attached hydrogens (tertiary/aromatic N) is 1. The van der Waals surface area contributed by atoms with Gasteiger partial charge in [0.2, 0.25) is 5.12 Å². The molecule has 0 spiro atoms. The van der Waals surface area contributed by atoms with Crippen LogP contribution in [0.1, 0.15) is 57.7 Å². The molecule has 4 aromatic rings. The molecular weight excluding hydrogens is 614 g/mol. The topological polar surface area (TPSA) is 115 Å². The average Bonchev–Trinajstić information content (AvgIpc) is 3.71. The van der Waals surface area contributed by atoms with Crippen LogP contribution in [-0.4, -0.2) is 63.7 Å². The van der Waals surface area contributed by atoms with E-state index in [4.69, 9.17) is 11.6 Å². The average molecular weight is 645 g/mol. The Kier molecular flexibility index (Phi) is 8.93. The number of alkyl halides is 3. The zero-order chi connectivity index (χ0) is 32.0. The fourth-order valence-corrected chi connectivity index (χ4v) is 6.05. The Morgan fingerprint density at radius 3 is 2.30 bits per heavy atom. The molecule has 1 amide bonds. The first-order valence-corrected chi connectivity index (χ1v) is 15.1. The van der Waals surface area contributed by atoms with Crippen molar-refractivity contribution in [2.24, 2.45) is 0 Å². The first kappa shape index (κ1) is 32.5. The number of carbonyl (C=O) groups excluding carboxylic acids is 1. The largest absolute Gasteiger partial charge is 0.416 e. The van der Waals surface area contributed by atoms with Crippen LogP contribution in [0.2, 0.25) is 5.02 Å². The maximum atomic E-state index is 13.8. The molecule has 1 fully saturated rings. The van der Waals surface area contributed by atoms with Gasteiger partial charge in [-0.2, -0.15) is 13.2 Å². The van der Waals surface area contributed by atoms with Gasteiger partial charge in [-0.1, -0.05) is 41.6 Å². The minimum Gasteiger partial charge on any atom is -0.401 e. The van der Waals surface area contributed by atoms with Crippen LogP contribution < -0.4 is 5.32 Å². The molecule has 1 saturated carbocycles. The predicted molar refractivity (Wildman–Crippen MR) is 168 cm³/mol. The van der Waals surface area contributed by atoms with Crippen LogP contribution in [0.5, 0.6) is 0 Å². The number of hydrogen-bond donors (Lipinski definition) is 5. The lowest BCUT2D eigenvalue weighted by Crippen LogP contribution is -2.53. The molecule has 44 heavy (non-hydrogen) atoms. The van der Waals surface area contributed by atoms with Crippen molar-refractivity contribution in [2.75, 3.05) is 6.61 Å². The van der Waals surface area contributed by atoms with E-state index in [1.54, 1.807) is 42.5 Å². The molecule has 1 aromatic heterocycles. The number of amides is 1. The number of halogens is 4. The van der Waals surface area contributed by atoms with Crippen molar-refractivity contribution in [1.82, 2.24) is 9.88 Å². The maximum Gasteiger partial charge on any atom is 0.416 e. The Bertz CT molecular complexity index is 1690. The van der Waals surface area contributed by atoms with E-state index in [1.807, 2.05) is 10.6 Å². The normalized spacial score (nSPS) is 15.0. The van der Waals surface area contributed by atoms with Gasteiger partial charge < -0.3 is 30.3 Å². The molecule has 0 radical (unpaired) electrons. The molecule has 14 heteroatoms. The first-order valence-electron chi connectivity index (χ1n) is 13.9. The fraction of sp³-hybridized carbons (Fsp3) is 0.300.